The van der Waals surface area contributed by atoms with Crippen LogP contribution in [0.5, 0.6) is 0 Å². The van der Waals surface area contributed by atoms with Crippen molar-refractivity contribution in [2.45, 2.75) is 26.2 Å². The summed E-state index contributed by atoms with van der Waals surface area (Å²) in [6.07, 6.45) is 6.32. The maximum atomic E-state index is 12.4. The molecule has 29 heavy (non-hydrogen) atoms. The van der Waals surface area contributed by atoms with Gasteiger partial charge in [-0.3, -0.25) is 9.78 Å². The highest BCUT2D eigenvalue weighted by atomic mass is 35.5. The summed E-state index contributed by atoms with van der Waals surface area (Å²) in [5, 5.41) is 6.14. The number of benzene rings is 2. The van der Waals surface area contributed by atoms with Crippen LogP contribution < -0.4 is 10.2 Å². The van der Waals surface area contributed by atoms with E-state index in [1.807, 2.05) is 6.20 Å². The SMILES string of the molecule is Cc1ccc(-c2cncc(Cl)c2N2CCC3(CCNC3=O)CC2)c2ccccc12. The van der Waals surface area contributed by atoms with Gasteiger partial charge in [-0.1, -0.05) is 48.0 Å². The van der Waals surface area contributed by atoms with Gasteiger partial charge in [-0.2, -0.15) is 0 Å². The number of hydrogen-bond acceptors (Lipinski definition) is 3. The first-order chi connectivity index (χ1) is 14.1. The Morgan fingerprint density at radius 2 is 1.76 bits per heavy atom. The molecule has 5 heteroatoms. The van der Waals surface area contributed by atoms with E-state index in [0.717, 1.165) is 55.7 Å². The quantitative estimate of drug-likeness (QED) is 0.654. The number of pyridine rings is 1. The second kappa shape index (κ2) is 7.03. The molecule has 2 aromatic carbocycles. The molecule has 3 aromatic rings. The van der Waals surface area contributed by atoms with Gasteiger partial charge in [0.2, 0.25) is 5.91 Å². The molecule has 148 valence electrons. The van der Waals surface area contributed by atoms with Gasteiger partial charge in [-0.05, 0) is 48.1 Å². The number of nitrogens with one attached hydrogen (secondary N) is 1. The van der Waals surface area contributed by atoms with E-state index >= 15 is 0 Å². The molecular weight excluding hydrogens is 382 g/mol. The number of nitrogens with zero attached hydrogens (tertiary/aromatic N) is 2. The fourth-order valence-corrected chi connectivity index (χ4v) is 5.26. The van der Waals surface area contributed by atoms with Crippen LogP contribution in [-0.2, 0) is 4.79 Å². The summed E-state index contributed by atoms with van der Waals surface area (Å²) in [6, 6.07) is 12.8. The van der Waals surface area contributed by atoms with Crippen molar-refractivity contribution in [3.63, 3.8) is 0 Å². The first-order valence-corrected chi connectivity index (χ1v) is 10.6. The first kappa shape index (κ1) is 18.4. The van der Waals surface area contributed by atoms with E-state index in [9.17, 15) is 4.79 Å². The van der Waals surface area contributed by atoms with E-state index in [-0.39, 0.29) is 11.3 Å². The maximum Gasteiger partial charge on any atom is 0.226 e. The fourth-order valence-electron chi connectivity index (χ4n) is 4.98. The molecule has 4 nitrogen and oxygen atoms in total. The number of anilines is 1. The number of aryl methyl sites for hydroxylation is 1. The van der Waals surface area contributed by atoms with E-state index in [1.165, 1.54) is 16.3 Å². The predicted octanol–water partition coefficient (Wildman–Crippen LogP) is 4.97. The Kier molecular flexibility index (Phi) is 4.47. The molecular formula is C24H24ClN3O. The van der Waals surface area contributed by atoms with E-state index in [2.05, 4.69) is 58.5 Å². The molecule has 0 unspecified atom stereocenters. The lowest BCUT2D eigenvalue weighted by molar-refractivity contribution is -0.128. The second-order valence-electron chi connectivity index (χ2n) is 8.27. The Hall–Kier alpha value is -2.59. The monoisotopic (exact) mass is 405 g/mol. The zero-order valence-corrected chi connectivity index (χ0v) is 17.3. The summed E-state index contributed by atoms with van der Waals surface area (Å²) in [5.74, 6) is 0.225. The van der Waals surface area contributed by atoms with Crippen molar-refractivity contribution in [1.29, 1.82) is 0 Å². The van der Waals surface area contributed by atoms with E-state index in [1.54, 1.807) is 6.20 Å². The van der Waals surface area contributed by atoms with Crippen molar-refractivity contribution in [2.75, 3.05) is 24.5 Å². The summed E-state index contributed by atoms with van der Waals surface area (Å²) >= 11 is 6.69. The van der Waals surface area contributed by atoms with Crippen molar-refractivity contribution in [2.24, 2.45) is 5.41 Å². The predicted molar refractivity (Wildman–Crippen MR) is 118 cm³/mol. The molecule has 0 aliphatic carbocycles. The molecule has 2 aliphatic heterocycles. The number of hydrogen-bond donors (Lipinski definition) is 1. The normalized spacial score (nSPS) is 18.4. The molecule has 1 N–H and O–H groups in total. The van der Waals surface area contributed by atoms with Gasteiger partial charge in [-0.25, -0.2) is 0 Å². The molecule has 0 bridgehead atoms. The molecule has 2 aliphatic rings. The van der Waals surface area contributed by atoms with Crippen LogP contribution >= 0.6 is 11.6 Å². The highest BCUT2D eigenvalue weighted by Crippen LogP contribution is 2.44. The number of carbonyl (C=O) groups excluding carboxylic acids is 1. The third-order valence-electron chi connectivity index (χ3n) is 6.71. The Bertz CT molecular complexity index is 1100. The summed E-state index contributed by atoms with van der Waals surface area (Å²) in [4.78, 5) is 19.1. The zero-order valence-electron chi connectivity index (χ0n) is 16.5. The molecule has 2 fully saturated rings. The smallest absolute Gasteiger partial charge is 0.226 e. The molecule has 5 rings (SSSR count). The third-order valence-corrected chi connectivity index (χ3v) is 6.99. The number of piperidine rings is 1. The van der Waals surface area contributed by atoms with Crippen molar-refractivity contribution >= 4 is 34.0 Å². The number of fused-ring (bicyclic) bond motifs is 1. The highest BCUT2D eigenvalue weighted by Gasteiger charge is 2.44. The average molecular weight is 406 g/mol. The summed E-state index contributed by atoms with van der Waals surface area (Å²) in [6.45, 7) is 4.59. The molecule has 0 radical (unpaired) electrons. The van der Waals surface area contributed by atoms with Crippen molar-refractivity contribution in [1.82, 2.24) is 10.3 Å². The fraction of sp³-hybridized carbons (Fsp3) is 0.333. The average Bonchev–Trinajstić information content (AvgIpc) is 3.09. The van der Waals surface area contributed by atoms with Crippen molar-refractivity contribution in [3.8, 4) is 11.1 Å². The van der Waals surface area contributed by atoms with E-state index in [0.29, 0.717) is 5.02 Å². The highest BCUT2D eigenvalue weighted by molar-refractivity contribution is 6.34. The molecule has 1 aromatic heterocycles. The minimum Gasteiger partial charge on any atom is -0.370 e. The summed E-state index contributed by atoms with van der Waals surface area (Å²) in [7, 11) is 0. The number of amides is 1. The van der Waals surface area contributed by atoms with Gasteiger partial charge in [0.05, 0.1) is 16.1 Å². The molecule has 1 spiro atoms. The van der Waals surface area contributed by atoms with Gasteiger partial charge in [0.15, 0.2) is 0 Å². The van der Waals surface area contributed by atoms with Gasteiger partial charge in [0, 0.05) is 37.6 Å². The minimum absolute atomic E-state index is 0.188. The Labute approximate surface area is 175 Å². The van der Waals surface area contributed by atoms with E-state index in [4.69, 9.17) is 11.6 Å². The van der Waals surface area contributed by atoms with E-state index < -0.39 is 0 Å². The van der Waals surface area contributed by atoms with Gasteiger partial charge >= 0.3 is 0 Å². The van der Waals surface area contributed by atoms with Crippen LogP contribution in [0.1, 0.15) is 24.8 Å². The maximum absolute atomic E-state index is 12.4. The van der Waals surface area contributed by atoms with Crippen LogP contribution in [0.4, 0.5) is 5.69 Å². The Morgan fingerprint density at radius 3 is 2.48 bits per heavy atom. The van der Waals surface area contributed by atoms with Crippen LogP contribution in [0, 0.1) is 12.3 Å². The van der Waals surface area contributed by atoms with Crippen molar-refractivity contribution < 1.29 is 4.79 Å². The van der Waals surface area contributed by atoms with Crippen molar-refractivity contribution in [3.05, 3.63) is 59.4 Å². The lowest BCUT2D eigenvalue weighted by atomic mass is 9.77. The molecule has 3 heterocycles. The summed E-state index contributed by atoms with van der Waals surface area (Å²) < 4.78 is 0. The Morgan fingerprint density at radius 1 is 1.00 bits per heavy atom. The largest absolute Gasteiger partial charge is 0.370 e. The number of rotatable bonds is 2. The number of carbonyl (C=O) groups is 1. The third kappa shape index (κ3) is 2.98. The van der Waals surface area contributed by atoms with Gasteiger partial charge in [-0.15, -0.1) is 0 Å². The van der Waals surface area contributed by atoms with Gasteiger partial charge in [0.25, 0.3) is 0 Å². The number of halogens is 1. The van der Waals surface area contributed by atoms with Crippen LogP contribution in [0.25, 0.3) is 21.9 Å². The standard InChI is InChI=1S/C24H24ClN3O/c1-16-6-7-19(18-5-3-2-4-17(16)18)20-14-26-15-21(25)22(20)28-12-9-24(10-13-28)8-11-27-23(24)29/h2-7,14-15H,8-13H2,1H3,(H,27,29). The van der Waals surface area contributed by atoms with Crippen LogP contribution in [0.2, 0.25) is 5.02 Å². The van der Waals surface area contributed by atoms with Gasteiger partial charge < -0.3 is 10.2 Å². The van der Waals surface area contributed by atoms with Crippen LogP contribution in [0.3, 0.4) is 0 Å². The lowest BCUT2D eigenvalue weighted by Gasteiger charge is -2.39. The number of aromatic nitrogens is 1. The van der Waals surface area contributed by atoms with Crippen LogP contribution in [0.15, 0.2) is 48.8 Å². The Balaban J connectivity index is 1.57. The topological polar surface area (TPSA) is 45.2 Å². The molecule has 0 atom stereocenters. The summed E-state index contributed by atoms with van der Waals surface area (Å²) in [5.41, 5.74) is 4.31. The first-order valence-electron chi connectivity index (χ1n) is 10.2. The lowest BCUT2D eigenvalue weighted by Crippen LogP contribution is -2.44. The second-order valence-corrected chi connectivity index (χ2v) is 8.67. The minimum atomic E-state index is -0.188. The molecule has 1 amide bonds. The molecule has 2 saturated heterocycles. The van der Waals surface area contributed by atoms with Gasteiger partial charge in [0.1, 0.15) is 0 Å². The molecule has 0 saturated carbocycles. The van der Waals surface area contributed by atoms with Crippen LogP contribution in [-0.4, -0.2) is 30.5 Å². The zero-order chi connectivity index (χ0) is 20.0.